The van der Waals surface area contributed by atoms with Crippen molar-refractivity contribution in [2.45, 2.75) is 45.3 Å². The molecule has 0 unspecified atom stereocenters. The molecule has 0 aliphatic carbocycles. The second-order valence-electron chi connectivity index (χ2n) is 6.51. The van der Waals surface area contributed by atoms with Crippen LogP contribution in [-0.4, -0.2) is 24.8 Å². The van der Waals surface area contributed by atoms with E-state index in [0.29, 0.717) is 18.7 Å². The fourth-order valence-electron chi connectivity index (χ4n) is 1.49. The summed E-state index contributed by atoms with van der Waals surface area (Å²) in [5.41, 5.74) is 1.48. The van der Waals surface area contributed by atoms with Gasteiger partial charge < -0.3 is 4.43 Å². The van der Waals surface area contributed by atoms with E-state index in [9.17, 15) is 10.1 Å². The number of hydrogen-bond donors (Lipinski definition) is 0. The molecule has 0 fully saturated rings. The van der Waals surface area contributed by atoms with Gasteiger partial charge >= 0.3 is 0 Å². The fourth-order valence-corrected chi connectivity index (χ4v) is 2.54. The van der Waals surface area contributed by atoms with Gasteiger partial charge in [-0.15, -0.1) is 0 Å². The first kappa shape index (κ1) is 17.5. The standard InChI is InChI=1S/C15H24N2O3Si/c1-15(2,3)21(4,5)20-12-10-14-8-6-7-13(16-14)9-11-17(18)19/h6-9,11H,10,12H2,1-5H3/b11-9+. The zero-order valence-corrected chi connectivity index (χ0v) is 14.4. The number of hydrogen-bond acceptors (Lipinski definition) is 4. The number of aromatic nitrogens is 1. The van der Waals surface area contributed by atoms with Crippen molar-refractivity contribution in [1.29, 1.82) is 0 Å². The first-order valence-corrected chi connectivity index (χ1v) is 9.94. The van der Waals surface area contributed by atoms with Crippen LogP contribution in [0.15, 0.2) is 24.4 Å². The largest absolute Gasteiger partial charge is 0.416 e. The highest BCUT2D eigenvalue weighted by Crippen LogP contribution is 2.36. The molecule has 1 aromatic heterocycles. The molecular formula is C15H24N2O3Si. The van der Waals surface area contributed by atoms with E-state index in [2.05, 4.69) is 38.8 Å². The minimum absolute atomic E-state index is 0.191. The molecule has 6 heteroatoms. The number of pyridine rings is 1. The molecule has 0 radical (unpaired) electrons. The summed E-state index contributed by atoms with van der Waals surface area (Å²) in [5, 5.41) is 10.5. The van der Waals surface area contributed by atoms with Crippen LogP contribution in [0, 0.1) is 10.1 Å². The summed E-state index contributed by atoms with van der Waals surface area (Å²) < 4.78 is 6.11. The van der Waals surface area contributed by atoms with Crippen molar-refractivity contribution < 1.29 is 9.35 Å². The van der Waals surface area contributed by atoms with E-state index in [4.69, 9.17) is 4.43 Å². The van der Waals surface area contributed by atoms with Crippen molar-refractivity contribution in [3.63, 3.8) is 0 Å². The minimum atomic E-state index is -1.73. The molecule has 0 N–H and O–H groups in total. The van der Waals surface area contributed by atoms with Gasteiger partial charge in [0.2, 0.25) is 6.20 Å². The maximum Gasteiger partial charge on any atom is 0.236 e. The van der Waals surface area contributed by atoms with Crippen molar-refractivity contribution in [2.24, 2.45) is 0 Å². The Hall–Kier alpha value is -1.53. The van der Waals surface area contributed by atoms with Crippen LogP contribution in [0.3, 0.4) is 0 Å². The Morgan fingerprint density at radius 2 is 2.05 bits per heavy atom. The molecule has 0 bridgehead atoms. The highest BCUT2D eigenvalue weighted by molar-refractivity contribution is 6.74. The molecule has 0 saturated carbocycles. The van der Waals surface area contributed by atoms with E-state index in [-0.39, 0.29) is 5.04 Å². The molecule has 0 spiro atoms. The maximum atomic E-state index is 10.3. The second kappa shape index (κ2) is 6.95. The Morgan fingerprint density at radius 3 is 2.62 bits per heavy atom. The number of nitro groups is 1. The smallest absolute Gasteiger partial charge is 0.236 e. The van der Waals surface area contributed by atoms with Gasteiger partial charge in [-0.05, 0) is 30.3 Å². The van der Waals surface area contributed by atoms with E-state index in [1.165, 1.54) is 6.08 Å². The Morgan fingerprint density at radius 1 is 1.38 bits per heavy atom. The Bertz CT molecular complexity index is 522. The Balaban J connectivity index is 2.61. The van der Waals surface area contributed by atoms with Crippen molar-refractivity contribution >= 4 is 14.4 Å². The fraction of sp³-hybridized carbons (Fsp3) is 0.533. The normalized spacial score (nSPS) is 12.8. The molecule has 1 heterocycles. The summed E-state index contributed by atoms with van der Waals surface area (Å²) in [7, 11) is -1.73. The van der Waals surface area contributed by atoms with Gasteiger partial charge in [0, 0.05) is 24.8 Å². The van der Waals surface area contributed by atoms with E-state index in [1.54, 1.807) is 6.07 Å². The Labute approximate surface area is 127 Å². The first-order chi connectivity index (χ1) is 9.62. The third kappa shape index (κ3) is 5.77. The zero-order valence-electron chi connectivity index (χ0n) is 13.4. The van der Waals surface area contributed by atoms with Crippen LogP contribution in [-0.2, 0) is 10.8 Å². The highest BCUT2D eigenvalue weighted by Gasteiger charge is 2.36. The SMILES string of the molecule is CC(C)(C)[Si](C)(C)OCCc1cccc(/C=C/[N+](=O)[O-])n1. The average molecular weight is 308 g/mol. The quantitative estimate of drug-likeness (QED) is 0.454. The summed E-state index contributed by atoms with van der Waals surface area (Å²) in [6.07, 6.45) is 3.02. The summed E-state index contributed by atoms with van der Waals surface area (Å²) >= 11 is 0. The van der Waals surface area contributed by atoms with Crippen LogP contribution in [0.1, 0.15) is 32.2 Å². The van der Waals surface area contributed by atoms with Gasteiger partial charge in [0.1, 0.15) is 0 Å². The molecule has 0 saturated heterocycles. The molecular weight excluding hydrogens is 284 g/mol. The monoisotopic (exact) mass is 308 g/mol. The van der Waals surface area contributed by atoms with Gasteiger partial charge in [-0.3, -0.25) is 15.1 Å². The van der Waals surface area contributed by atoms with E-state index in [1.807, 2.05) is 12.1 Å². The van der Waals surface area contributed by atoms with E-state index < -0.39 is 13.2 Å². The lowest BCUT2D eigenvalue weighted by Crippen LogP contribution is -2.41. The van der Waals surface area contributed by atoms with Crippen LogP contribution in [0.2, 0.25) is 18.1 Å². The molecule has 21 heavy (non-hydrogen) atoms. The summed E-state index contributed by atoms with van der Waals surface area (Å²) in [5.74, 6) is 0. The van der Waals surface area contributed by atoms with Crippen LogP contribution >= 0.6 is 0 Å². The third-order valence-electron chi connectivity index (χ3n) is 3.82. The topological polar surface area (TPSA) is 65.3 Å². The maximum absolute atomic E-state index is 10.3. The van der Waals surface area contributed by atoms with Gasteiger partial charge in [0.05, 0.1) is 10.6 Å². The van der Waals surface area contributed by atoms with Crippen LogP contribution in [0.25, 0.3) is 6.08 Å². The van der Waals surface area contributed by atoms with Crippen molar-refractivity contribution in [2.75, 3.05) is 6.61 Å². The molecule has 1 aromatic rings. The van der Waals surface area contributed by atoms with Gasteiger partial charge in [0.15, 0.2) is 8.32 Å². The molecule has 5 nitrogen and oxygen atoms in total. The second-order valence-corrected chi connectivity index (χ2v) is 11.3. The van der Waals surface area contributed by atoms with Gasteiger partial charge in [0.25, 0.3) is 0 Å². The predicted molar refractivity (Wildman–Crippen MR) is 87.1 cm³/mol. The molecule has 0 amide bonds. The van der Waals surface area contributed by atoms with E-state index >= 15 is 0 Å². The first-order valence-electron chi connectivity index (χ1n) is 7.03. The van der Waals surface area contributed by atoms with Crippen LogP contribution < -0.4 is 0 Å². The zero-order chi connectivity index (χ0) is 16.1. The Kier molecular flexibility index (Phi) is 5.80. The van der Waals surface area contributed by atoms with Gasteiger partial charge in [-0.25, -0.2) is 0 Å². The predicted octanol–water partition coefficient (Wildman–Crippen LogP) is 3.89. The molecule has 0 aliphatic rings. The van der Waals surface area contributed by atoms with Gasteiger partial charge in [-0.1, -0.05) is 26.8 Å². The lowest BCUT2D eigenvalue weighted by molar-refractivity contribution is -0.401. The minimum Gasteiger partial charge on any atom is -0.416 e. The molecule has 0 aromatic carbocycles. The molecule has 0 atom stereocenters. The lowest BCUT2D eigenvalue weighted by atomic mass is 10.2. The molecule has 1 rings (SSSR count). The van der Waals surface area contributed by atoms with Crippen LogP contribution in [0.5, 0.6) is 0 Å². The summed E-state index contributed by atoms with van der Waals surface area (Å²) in [4.78, 5) is 14.2. The summed E-state index contributed by atoms with van der Waals surface area (Å²) in [6.45, 7) is 11.7. The van der Waals surface area contributed by atoms with E-state index in [0.717, 1.165) is 11.9 Å². The van der Waals surface area contributed by atoms with Crippen LogP contribution in [0.4, 0.5) is 0 Å². The number of rotatable bonds is 6. The number of nitrogens with zero attached hydrogens (tertiary/aromatic N) is 2. The molecule has 116 valence electrons. The average Bonchev–Trinajstić information content (AvgIpc) is 2.35. The highest BCUT2D eigenvalue weighted by atomic mass is 28.4. The summed E-state index contributed by atoms with van der Waals surface area (Å²) in [6, 6.07) is 5.52. The molecule has 0 aliphatic heterocycles. The van der Waals surface area contributed by atoms with Crippen molar-refractivity contribution in [1.82, 2.24) is 4.98 Å². The lowest BCUT2D eigenvalue weighted by Gasteiger charge is -2.36. The van der Waals surface area contributed by atoms with Crippen molar-refractivity contribution in [3.05, 3.63) is 45.9 Å². The van der Waals surface area contributed by atoms with Gasteiger partial charge in [-0.2, -0.15) is 0 Å². The van der Waals surface area contributed by atoms with Crippen molar-refractivity contribution in [3.8, 4) is 0 Å². The third-order valence-corrected chi connectivity index (χ3v) is 8.36.